The molecule has 12 heteroatoms. The molecule has 1 aromatic carbocycles. The number of carbonyl (C=O) groups is 1. The standard InChI is InChI=1S/C7H2F4O5S.2Li.2H/c8-2-1(7(12)13)6(17(14,15)16)5(11)4(10)3(2)9;;;;/h(H,12,13)(H,14,15,16);;;;/q;2*+1;2*-1. The van der Waals surface area contributed by atoms with Crippen molar-refractivity contribution in [3.05, 3.63) is 28.8 Å². The second kappa shape index (κ2) is 6.79. The molecule has 0 aliphatic rings. The van der Waals surface area contributed by atoms with Crippen molar-refractivity contribution in [3.8, 4) is 0 Å². The van der Waals surface area contributed by atoms with Gasteiger partial charge in [-0.2, -0.15) is 8.42 Å². The van der Waals surface area contributed by atoms with Crippen molar-refractivity contribution in [2.45, 2.75) is 4.90 Å². The molecule has 0 aliphatic carbocycles. The van der Waals surface area contributed by atoms with Crippen LogP contribution in [0.4, 0.5) is 17.6 Å². The van der Waals surface area contributed by atoms with Crippen molar-refractivity contribution in [2.75, 3.05) is 0 Å². The van der Waals surface area contributed by atoms with Gasteiger partial charge in [0, 0.05) is 0 Å². The van der Waals surface area contributed by atoms with Gasteiger partial charge in [0.15, 0.2) is 28.2 Å². The molecule has 1 aromatic rings. The first-order valence-electron chi connectivity index (χ1n) is 3.65. The summed E-state index contributed by atoms with van der Waals surface area (Å²) >= 11 is 0. The van der Waals surface area contributed by atoms with E-state index >= 15 is 0 Å². The first-order chi connectivity index (χ1) is 7.59. The van der Waals surface area contributed by atoms with E-state index < -0.39 is 49.8 Å². The van der Waals surface area contributed by atoms with Crippen molar-refractivity contribution in [1.29, 1.82) is 0 Å². The third kappa shape index (κ3) is 3.75. The summed E-state index contributed by atoms with van der Waals surface area (Å²) in [4.78, 5) is 8.27. The van der Waals surface area contributed by atoms with Gasteiger partial charge >= 0.3 is 43.7 Å². The molecule has 0 heterocycles. The fourth-order valence-electron chi connectivity index (χ4n) is 1.04. The number of hydrogen-bond acceptors (Lipinski definition) is 3. The molecule has 0 amide bonds. The molecule has 0 saturated carbocycles. The predicted molar refractivity (Wildman–Crippen MR) is 45.3 cm³/mol. The minimum atomic E-state index is -5.57. The third-order valence-electron chi connectivity index (χ3n) is 1.70. The Morgan fingerprint density at radius 1 is 0.947 bits per heavy atom. The van der Waals surface area contributed by atoms with Crippen molar-refractivity contribution >= 4 is 16.1 Å². The van der Waals surface area contributed by atoms with Crippen molar-refractivity contribution in [3.63, 3.8) is 0 Å². The zero-order chi connectivity index (χ0) is 13.5. The van der Waals surface area contributed by atoms with Gasteiger partial charge in [0.25, 0.3) is 10.1 Å². The molecule has 0 fully saturated rings. The van der Waals surface area contributed by atoms with Gasteiger partial charge in [-0.05, 0) is 0 Å². The summed E-state index contributed by atoms with van der Waals surface area (Å²) in [7, 11) is -5.57. The monoisotopic (exact) mass is 290 g/mol. The van der Waals surface area contributed by atoms with E-state index in [4.69, 9.17) is 9.66 Å². The second-order valence-corrected chi connectivity index (χ2v) is 4.10. The number of rotatable bonds is 2. The van der Waals surface area contributed by atoms with E-state index in [1.165, 1.54) is 0 Å². The Balaban J connectivity index is -0.000000361. The molecule has 0 radical (unpaired) electrons. The summed E-state index contributed by atoms with van der Waals surface area (Å²) in [6, 6.07) is 0. The molecule has 19 heavy (non-hydrogen) atoms. The average Bonchev–Trinajstić information content (AvgIpc) is 2.17. The first kappa shape index (κ1) is 20.8. The van der Waals surface area contributed by atoms with Crippen molar-refractivity contribution in [2.24, 2.45) is 0 Å². The quantitative estimate of drug-likeness (QED) is 0.188. The predicted octanol–water partition coefficient (Wildman–Crippen LogP) is -4.58. The first-order valence-corrected chi connectivity index (χ1v) is 5.09. The van der Waals surface area contributed by atoms with E-state index in [2.05, 4.69) is 0 Å². The molecule has 98 valence electrons. The molecule has 0 atom stereocenters. The normalized spacial score (nSPS) is 10.4. The molecular formula is C7H4F4Li2O5S. The van der Waals surface area contributed by atoms with Gasteiger partial charge in [-0.1, -0.05) is 0 Å². The Kier molecular flexibility index (Phi) is 7.45. The largest absolute Gasteiger partial charge is 1.00 e. The SMILES string of the molecule is O=C(O)c1c(F)c(F)c(F)c(F)c1S(=O)(=O)O.[H-].[H-].[Li+].[Li+]. The van der Waals surface area contributed by atoms with Gasteiger partial charge in [0.05, 0.1) is 0 Å². The van der Waals surface area contributed by atoms with Crippen LogP contribution < -0.4 is 37.7 Å². The van der Waals surface area contributed by atoms with Gasteiger partial charge in [-0.25, -0.2) is 22.4 Å². The van der Waals surface area contributed by atoms with E-state index in [0.29, 0.717) is 0 Å². The molecule has 0 saturated heterocycles. The van der Waals surface area contributed by atoms with Crippen LogP contribution in [-0.2, 0) is 10.1 Å². The molecule has 0 bridgehead atoms. The molecule has 0 aliphatic heterocycles. The molecule has 5 nitrogen and oxygen atoms in total. The van der Waals surface area contributed by atoms with Crippen LogP contribution in [0.2, 0.25) is 0 Å². The number of benzene rings is 1. The summed E-state index contributed by atoms with van der Waals surface area (Å²) < 4.78 is 80.9. The Morgan fingerprint density at radius 2 is 1.32 bits per heavy atom. The topological polar surface area (TPSA) is 91.7 Å². The average molecular weight is 290 g/mol. The number of carboxylic acids is 1. The Labute approximate surface area is 131 Å². The van der Waals surface area contributed by atoms with Gasteiger partial charge in [0.1, 0.15) is 5.56 Å². The summed E-state index contributed by atoms with van der Waals surface area (Å²) in [6.07, 6.45) is 0. The van der Waals surface area contributed by atoms with Crippen LogP contribution in [0.1, 0.15) is 13.2 Å². The smallest absolute Gasteiger partial charge is 1.00 e. The van der Waals surface area contributed by atoms with E-state index in [9.17, 15) is 30.8 Å². The minimum Gasteiger partial charge on any atom is -1.00 e. The van der Waals surface area contributed by atoms with Crippen LogP contribution in [0.3, 0.4) is 0 Å². The van der Waals surface area contributed by atoms with Crippen LogP contribution in [-0.4, -0.2) is 24.0 Å². The maximum atomic E-state index is 13.0. The minimum absolute atomic E-state index is 0. The summed E-state index contributed by atoms with van der Waals surface area (Å²) in [5.74, 6) is -12.4. The number of halogens is 4. The molecule has 0 spiro atoms. The molecule has 1 rings (SSSR count). The number of carboxylic acid groups (broad SMARTS) is 1. The Morgan fingerprint density at radius 3 is 1.63 bits per heavy atom. The van der Waals surface area contributed by atoms with E-state index in [0.717, 1.165) is 0 Å². The van der Waals surface area contributed by atoms with E-state index in [-0.39, 0.29) is 40.6 Å². The van der Waals surface area contributed by atoms with Crippen LogP contribution >= 0.6 is 0 Å². The second-order valence-electron chi connectivity index (χ2n) is 2.74. The van der Waals surface area contributed by atoms with Crippen LogP contribution in [0, 0.1) is 23.3 Å². The van der Waals surface area contributed by atoms with Crippen LogP contribution in [0.25, 0.3) is 0 Å². The third-order valence-corrected chi connectivity index (χ3v) is 2.60. The van der Waals surface area contributed by atoms with E-state index in [1.807, 2.05) is 0 Å². The van der Waals surface area contributed by atoms with Gasteiger partial charge in [0.2, 0.25) is 0 Å². The Bertz CT molecular complexity index is 628. The summed E-state index contributed by atoms with van der Waals surface area (Å²) in [5, 5.41) is 8.38. The summed E-state index contributed by atoms with van der Waals surface area (Å²) in [6.45, 7) is 0. The molecule has 0 aromatic heterocycles. The fraction of sp³-hybridized carbons (Fsp3) is 0. The van der Waals surface area contributed by atoms with Crippen LogP contribution in [0.15, 0.2) is 4.90 Å². The zero-order valence-corrected chi connectivity index (χ0v) is 10.4. The molecule has 0 unspecified atom stereocenters. The molecular weight excluding hydrogens is 286 g/mol. The molecule has 2 N–H and O–H groups in total. The van der Waals surface area contributed by atoms with Gasteiger partial charge in [-0.3, -0.25) is 4.55 Å². The van der Waals surface area contributed by atoms with Gasteiger partial charge < -0.3 is 7.96 Å². The fourth-order valence-corrected chi connectivity index (χ4v) is 1.80. The van der Waals surface area contributed by atoms with Crippen LogP contribution in [0.5, 0.6) is 0 Å². The maximum Gasteiger partial charge on any atom is 1.00 e. The zero-order valence-electron chi connectivity index (χ0n) is 11.5. The number of hydrogen-bond donors (Lipinski definition) is 2. The van der Waals surface area contributed by atoms with Crippen molar-refractivity contribution in [1.82, 2.24) is 0 Å². The maximum absolute atomic E-state index is 13.0. The number of aromatic carboxylic acids is 1. The summed E-state index contributed by atoms with van der Waals surface area (Å²) in [5.41, 5.74) is -2.01. The van der Waals surface area contributed by atoms with Crippen molar-refractivity contribution < 1.29 is 81.0 Å². The van der Waals surface area contributed by atoms with Gasteiger partial charge in [-0.15, -0.1) is 0 Å². The van der Waals surface area contributed by atoms with E-state index in [1.54, 1.807) is 0 Å². The Hall–Kier alpha value is -0.485.